The third kappa shape index (κ3) is 6.43. The Labute approximate surface area is 131 Å². The molecule has 0 aromatic rings. The van der Waals surface area contributed by atoms with Crippen LogP contribution < -0.4 is 10.6 Å². The van der Waals surface area contributed by atoms with Gasteiger partial charge in [-0.15, -0.1) is 0 Å². The number of Topliss-reactive ketones (excluding diaryl/α,β-unsaturated/α-hetero) is 1. The second kappa shape index (κ2) is 8.12. The third-order valence-corrected chi connectivity index (χ3v) is 3.41. The smallest absolute Gasteiger partial charge is 0.407 e. The lowest BCUT2D eigenvalue weighted by Crippen LogP contribution is -2.45. The lowest BCUT2D eigenvalue weighted by Gasteiger charge is -2.24. The molecule has 1 saturated carbocycles. The second-order valence-electron chi connectivity index (χ2n) is 6.51. The summed E-state index contributed by atoms with van der Waals surface area (Å²) in [6.07, 6.45) is 2.24. The number of ether oxygens (including phenoxy) is 2. The summed E-state index contributed by atoms with van der Waals surface area (Å²) >= 11 is 0. The lowest BCUT2D eigenvalue weighted by molar-refractivity contribution is -0.140. The van der Waals surface area contributed by atoms with Gasteiger partial charge in [0.1, 0.15) is 12.2 Å². The Hall–Kier alpha value is -1.63. The third-order valence-electron chi connectivity index (χ3n) is 3.41. The fourth-order valence-electron chi connectivity index (χ4n) is 2.45. The first-order valence-corrected chi connectivity index (χ1v) is 7.52. The van der Waals surface area contributed by atoms with Gasteiger partial charge in [0.2, 0.25) is 5.78 Å². The van der Waals surface area contributed by atoms with Gasteiger partial charge in [0.25, 0.3) is 5.91 Å². The molecule has 22 heavy (non-hydrogen) atoms. The molecule has 0 radical (unpaired) electrons. The van der Waals surface area contributed by atoms with Crippen LogP contribution >= 0.6 is 0 Å². The lowest BCUT2D eigenvalue weighted by atomic mass is 10.0. The number of nitrogens with one attached hydrogen (secondary N) is 2. The average molecular weight is 314 g/mol. The molecule has 2 unspecified atom stereocenters. The number of carbonyl (C=O) groups is 3. The van der Waals surface area contributed by atoms with Crippen LogP contribution in [0.5, 0.6) is 0 Å². The molecule has 1 rings (SSSR count). The Kier molecular flexibility index (Phi) is 6.80. The van der Waals surface area contributed by atoms with Crippen molar-refractivity contribution in [2.75, 3.05) is 20.3 Å². The van der Waals surface area contributed by atoms with Gasteiger partial charge in [-0.25, -0.2) is 4.79 Å². The van der Waals surface area contributed by atoms with E-state index in [9.17, 15) is 14.4 Å². The van der Waals surface area contributed by atoms with Crippen molar-refractivity contribution in [1.29, 1.82) is 0 Å². The molecular weight excluding hydrogens is 288 g/mol. The highest BCUT2D eigenvalue weighted by molar-refractivity contribution is 6.36. The number of hydrogen-bond donors (Lipinski definition) is 2. The maximum absolute atomic E-state index is 11.8. The first kappa shape index (κ1) is 18.4. The molecule has 7 nitrogen and oxygen atoms in total. The van der Waals surface area contributed by atoms with Crippen LogP contribution in [0.2, 0.25) is 0 Å². The molecular formula is C15H26N2O5. The Balaban J connectivity index is 2.42. The van der Waals surface area contributed by atoms with Crippen LogP contribution in [0.4, 0.5) is 4.79 Å². The number of amides is 2. The summed E-state index contributed by atoms with van der Waals surface area (Å²) in [5.74, 6) is -1.14. The summed E-state index contributed by atoms with van der Waals surface area (Å²) in [4.78, 5) is 34.7. The zero-order valence-corrected chi connectivity index (χ0v) is 13.7. The molecule has 0 aromatic heterocycles. The van der Waals surface area contributed by atoms with E-state index in [2.05, 4.69) is 15.4 Å². The highest BCUT2D eigenvalue weighted by Gasteiger charge is 2.30. The van der Waals surface area contributed by atoms with E-state index in [4.69, 9.17) is 4.74 Å². The van der Waals surface area contributed by atoms with E-state index >= 15 is 0 Å². The number of hydrogen-bond acceptors (Lipinski definition) is 5. The van der Waals surface area contributed by atoms with Crippen molar-refractivity contribution in [2.24, 2.45) is 5.92 Å². The number of rotatable bonds is 6. The summed E-state index contributed by atoms with van der Waals surface area (Å²) in [6.45, 7) is 5.55. The van der Waals surface area contributed by atoms with Crippen LogP contribution in [0.25, 0.3) is 0 Å². The average Bonchev–Trinajstić information content (AvgIpc) is 2.81. The normalized spacial score (nSPS) is 21.3. The molecule has 7 heteroatoms. The van der Waals surface area contributed by atoms with Gasteiger partial charge in [-0.05, 0) is 39.5 Å². The molecule has 0 saturated heterocycles. The molecule has 2 amide bonds. The van der Waals surface area contributed by atoms with Crippen LogP contribution in [0.3, 0.4) is 0 Å². The van der Waals surface area contributed by atoms with Gasteiger partial charge in [-0.2, -0.15) is 0 Å². The summed E-state index contributed by atoms with van der Waals surface area (Å²) in [6, 6.07) is -0.0484. The van der Waals surface area contributed by atoms with Crippen LogP contribution in [-0.2, 0) is 19.1 Å². The molecule has 0 aliphatic heterocycles. The minimum absolute atomic E-state index is 0.0484. The Morgan fingerprint density at radius 3 is 2.45 bits per heavy atom. The van der Waals surface area contributed by atoms with E-state index in [0.717, 1.165) is 19.3 Å². The summed E-state index contributed by atoms with van der Waals surface area (Å²) in [5.41, 5.74) is -0.543. The minimum Gasteiger partial charge on any atom is -0.444 e. The van der Waals surface area contributed by atoms with Crippen LogP contribution in [-0.4, -0.2) is 49.7 Å². The molecule has 0 spiro atoms. The van der Waals surface area contributed by atoms with E-state index in [0.29, 0.717) is 6.54 Å². The van der Waals surface area contributed by atoms with Crippen molar-refractivity contribution >= 4 is 17.8 Å². The quantitative estimate of drug-likeness (QED) is 0.714. The Bertz CT molecular complexity index is 417. The van der Waals surface area contributed by atoms with E-state index in [1.165, 1.54) is 7.11 Å². The second-order valence-corrected chi connectivity index (χ2v) is 6.51. The van der Waals surface area contributed by atoms with E-state index in [1.54, 1.807) is 20.8 Å². The molecule has 2 N–H and O–H groups in total. The van der Waals surface area contributed by atoms with Gasteiger partial charge < -0.3 is 20.1 Å². The first-order chi connectivity index (χ1) is 10.2. The molecule has 126 valence electrons. The molecule has 1 aliphatic rings. The van der Waals surface area contributed by atoms with Crippen molar-refractivity contribution in [3.63, 3.8) is 0 Å². The number of alkyl carbamates (subject to hydrolysis) is 1. The summed E-state index contributed by atoms with van der Waals surface area (Å²) < 4.78 is 9.87. The minimum atomic E-state index is -0.648. The zero-order valence-electron chi connectivity index (χ0n) is 13.7. The van der Waals surface area contributed by atoms with Gasteiger partial charge in [0.15, 0.2) is 0 Å². The monoisotopic (exact) mass is 314 g/mol. The topological polar surface area (TPSA) is 93.7 Å². The SMILES string of the molecule is COCC(=O)C(=O)NCC1CCCC1NC(=O)OC(C)(C)C. The molecule has 1 aliphatic carbocycles. The maximum Gasteiger partial charge on any atom is 0.407 e. The van der Waals surface area contributed by atoms with Gasteiger partial charge in [0, 0.05) is 19.7 Å². The standard InChI is InChI=1S/C15H26N2O5/c1-15(2,3)22-14(20)17-11-7-5-6-10(11)8-16-13(19)12(18)9-21-4/h10-11H,5-9H2,1-4H3,(H,16,19)(H,17,20). The van der Waals surface area contributed by atoms with Crippen molar-refractivity contribution < 1.29 is 23.9 Å². The summed E-state index contributed by atoms with van der Waals surface area (Å²) in [7, 11) is 1.36. The predicted octanol–water partition coefficient (Wildman–Crippen LogP) is 1.01. The molecule has 1 fully saturated rings. The van der Waals surface area contributed by atoms with Crippen molar-refractivity contribution in [1.82, 2.24) is 10.6 Å². The molecule has 2 atom stereocenters. The van der Waals surface area contributed by atoms with Crippen molar-refractivity contribution in [3.05, 3.63) is 0 Å². The van der Waals surface area contributed by atoms with Crippen molar-refractivity contribution in [2.45, 2.75) is 51.7 Å². The number of carbonyl (C=O) groups excluding carboxylic acids is 3. The largest absolute Gasteiger partial charge is 0.444 e. The van der Waals surface area contributed by atoms with E-state index in [1.807, 2.05) is 0 Å². The van der Waals surface area contributed by atoms with Gasteiger partial charge in [-0.1, -0.05) is 6.42 Å². The highest BCUT2D eigenvalue weighted by Crippen LogP contribution is 2.25. The fraction of sp³-hybridized carbons (Fsp3) is 0.800. The van der Waals surface area contributed by atoms with E-state index < -0.39 is 23.4 Å². The van der Waals surface area contributed by atoms with Crippen LogP contribution in [0.1, 0.15) is 40.0 Å². The van der Waals surface area contributed by atoms with Crippen LogP contribution in [0.15, 0.2) is 0 Å². The molecule has 0 bridgehead atoms. The molecule has 0 aromatic carbocycles. The number of ketones is 1. The maximum atomic E-state index is 11.8. The Morgan fingerprint density at radius 2 is 1.86 bits per heavy atom. The fourth-order valence-corrected chi connectivity index (χ4v) is 2.45. The summed E-state index contributed by atoms with van der Waals surface area (Å²) in [5, 5.41) is 5.44. The van der Waals surface area contributed by atoms with Crippen LogP contribution in [0, 0.1) is 5.92 Å². The van der Waals surface area contributed by atoms with Gasteiger partial charge in [-0.3, -0.25) is 9.59 Å². The molecule has 0 heterocycles. The van der Waals surface area contributed by atoms with Gasteiger partial charge in [0.05, 0.1) is 0 Å². The first-order valence-electron chi connectivity index (χ1n) is 7.52. The van der Waals surface area contributed by atoms with Crippen molar-refractivity contribution in [3.8, 4) is 0 Å². The van der Waals surface area contributed by atoms with Gasteiger partial charge >= 0.3 is 6.09 Å². The highest BCUT2D eigenvalue weighted by atomic mass is 16.6. The Morgan fingerprint density at radius 1 is 1.18 bits per heavy atom. The number of methoxy groups -OCH3 is 1. The van der Waals surface area contributed by atoms with E-state index in [-0.39, 0.29) is 18.6 Å². The zero-order chi connectivity index (χ0) is 16.8. The predicted molar refractivity (Wildman–Crippen MR) is 80.4 cm³/mol.